The van der Waals surface area contributed by atoms with Crippen molar-refractivity contribution in [2.24, 2.45) is 0 Å². The molecule has 24 heavy (non-hydrogen) atoms. The summed E-state index contributed by atoms with van der Waals surface area (Å²) < 4.78 is 7.71. The van der Waals surface area contributed by atoms with E-state index in [-0.39, 0.29) is 0 Å². The Bertz CT molecular complexity index is 818. The van der Waals surface area contributed by atoms with E-state index in [1.54, 1.807) is 11.8 Å². The van der Waals surface area contributed by atoms with Gasteiger partial charge in [0.25, 0.3) is 0 Å². The first-order valence-corrected chi connectivity index (χ1v) is 9.52. The highest BCUT2D eigenvalue weighted by atomic mass is 35.5. The molecule has 0 saturated heterocycles. The fourth-order valence-electron chi connectivity index (χ4n) is 2.48. The lowest BCUT2D eigenvalue weighted by atomic mass is 10.3. The van der Waals surface area contributed by atoms with Crippen LogP contribution >= 0.6 is 35.0 Å². The van der Waals surface area contributed by atoms with Gasteiger partial charge in [0.05, 0.1) is 23.4 Å². The van der Waals surface area contributed by atoms with Crippen LogP contribution in [0.25, 0.3) is 11.0 Å². The molecule has 0 radical (unpaired) electrons. The largest absolute Gasteiger partial charge is 0.380 e. The molecule has 3 aromatic rings. The van der Waals surface area contributed by atoms with Crippen molar-refractivity contribution < 1.29 is 4.74 Å². The minimum atomic E-state index is 0.660. The first-order chi connectivity index (χ1) is 11.7. The highest BCUT2D eigenvalue weighted by Gasteiger charge is 2.11. The molecule has 0 saturated carbocycles. The Balaban J connectivity index is 1.84. The number of benzene rings is 2. The summed E-state index contributed by atoms with van der Waals surface area (Å²) >= 11 is 13.8. The highest BCUT2D eigenvalue weighted by Crippen LogP contribution is 2.27. The second kappa shape index (κ2) is 8.26. The Morgan fingerprint density at radius 1 is 1.08 bits per heavy atom. The molecule has 2 aromatic carbocycles. The number of rotatable bonds is 7. The van der Waals surface area contributed by atoms with Gasteiger partial charge in [0, 0.05) is 28.1 Å². The van der Waals surface area contributed by atoms with E-state index in [1.165, 1.54) is 4.90 Å². The maximum absolute atomic E-state index is 6.16. The van der Waals surface area contributed by atoms with Crippen molar-refractivity contribution in [3.8, 4) is 0 Å². The number of ether oxygens (including phenoxy) is 1. The third-order valence-electron chi connectivity index (χ3n) is 3.63. The molecule has 0 atom stereocenters. The summed E-state index contributed by atoms with van der Waals surface area (Å²) in [5.41, 5.74) is 2.01. The van der Waals surface area contributed by atoms with Gasteiger partial charge in [0.2, 0.25) is 0 Å². The van der Waals surface area contributed by atoms with Gasteiger partial charge in [-0.25, -0.2) is 4.98 Å². The SMILES string of the molecule is CCOCCn1c(CSc2ccc(Cl)cc2)nc2ccc(Cl)cc21. The molecule has 1 aromatic heterocycles. The molecular weight excluding hydrogens is 363 g/mol. The third-order valence-corrected chi connectivity index (χ3v) is 5.13. The number of fused-ring (bicyclic) bond motifs is 1. The maximum Gasteiger partial charge on any atom is 0.120 e. The van der Waals surface area contributed by atoms with Crippen LogP contribution in [0.2, 0.25) is 10.0 Å². The zero-order valence-electron chi connectivity index (χ0n) is 13.3. The van der Waals surface area contributed by atoms with Gasteiger partial charge in [-0.2, -0.15) is 0 Å². The third kappa shape index (κ3) is 4.25. The van der Waals surface area contributed by atoms with E-state index in [4.69, 9.17) is 32.9 Å². The van der Waals surface area contributed by atoms with Gasteiger partial charge < -0.3 is 9.30 Å². The van der Waals surface area contributed by atoms with Crippen LogP contribution in [0.3, 0.4) is 0 Å². The van der Waals surface area contributed by atoms with Crippen LogP contribution in [0.5, 0.6) is 0 Å². The zero-order chi connectivity index (χ0) is 16.9. The second-order valence-corrected chi connectivity index (χ2v) is 7.17. The number of nitrogens with zero attached hydrogens (tertiary/aromatic N) is 2. The van der Waals surface area contributed by atoms with Crippen molar-refractivity contribution >= 4 is 46.0 Å². The quantitative estimate of drug-likeness (QED) is 0.390. The van der Waals surface area contributed by atoms with Gasteiger partial charge in [0.15, 0.2) is 0 Å². The molecule has 0 unspecified atom stereocenters. The van der Waals surface area contributed by atoms with E-state index in [9.17, 15) is 0 Å². The summed E-state index contributed by atoms with van der Waals surface area (Å²) in [6.45, 7) is 4.14. The molecule has 0 aliphatic carbocycles. The lowest BCUT2D eigenvalue weighted by molar-refractivity contribution is 0.139. The first kappa shape index (κ1) is 17.6. The predicted molar refractivity (Wildman–Crippen MR) is 102 cm³/mol. The number of aromatic nitrogens is 2. The fourth-order valence-corrected chi connectivity index (χ4v) is 3.62. The first-order valence-electron chi connectivity index (χ1n) is 7.78. The molecule has 0 bridgehead atoms. The Labute approximate surface area is 155 Å². The number of hydrogen-bond acceptors (Lipinski definition) is 3. The lowest BCUT2D eigenvalue weighted by Gasteiger charge is -2.09. The minimum absolute atomic E-state index is 0.660. The van der Waals surface area contributed by atoms with Crippen molar-refractivity contribution in [1.29, 1.82) is 0 Å². The van der Waals surface area contributed by atoms with Crippen molar-refractivity contribution in [2.45, 2.75) is 24.1 Å². The number of imidazole rings is 1. The monoisotopic (exact) mass is 380 g/mol. The molecule has 0 aliphatic heterocycles. The van der Waals surface area contributed by atoms with E-state index in [1.807, 2.05) is 49.4 Å². The summed E-state index contributed by atoms with van der Waals surface area (Å²) in [6.07, 6.45) is 0. The van der Waals surface area contributed by atoms with Crippen LogP contribution in [0.4, 0.5) is 0 Å². The van der Waals surface area contributed by atoms with Crippen molar-refractivity contribution in [3.63, 3.8) is 0 Å². The molecule has 3 nitrogen and oxygen atoms in total. The lowest BCUT2D eigenvalue weighted by Crippen LogP contribution is -2.09. The Morgan fingerprint density at radius 2 is 1.83 bits per heavy atom. The van der Waals surface area contributed by atoms with E-state index in [2.05, 4.69) is 4.57 Å². The molecule has 0 spiro atoms. The Hall–Kier alpha value is -1.20. The molecule has 3 rings (SSSR count). The summed E-state index contributed by atoms with van der Waals surface area (Å²) in [4.78, 5) is 5.93. The molecule has 1 heterocycles. The van der Waals surface area contributed by atoms with Gasteiger partial charge in [-0.1, -0.05) is 23.2 Å². The Kier molecular flexibility index (Phi) is 6.06. The Morgan fingerprint density at radius 3 is 2.58 bits per heavy atom. The van der Waals surface area contributed by atoms with Crippen LogP contribution < -0.4 is 0 Å². The standard InChI is InChI=1S/C18H18Cl2N2OS/c1-2-23-10-9-22-17-11-14(20)5-8-16(17)21-18(22)12-24-15-6-3-13(19)4-7-15/h3-8,11H,2,9-10,12H2,1H3. The number of thioether (sulfide) groups is 1. The van der Waals surface area contributed by atoms with E-state index < -0.39 is 0 Å². The van der Waals surface area contributed by atoms with Gasteiger partial charge in [-0.3, -0.25) is 0 Å². The van der Waals surface area contributed by atoms with Crippen molar-refractivity contribution in [3.05, 3.63) is 58.3 Å². The van der Waals surface area contributed by atoms with Gasteiger partial charge in [0.1, 0.15) is 5.82 Å². The van der Waals surface area contributed by atoms with E-state index in [0.717, 1.165) is 39.2 Å². The molecule has 0 aliphatic rings. The average molecular weight is 381 g/mol. The van der Waals surface area contributed by atoms with Crippen LogP contribution in [0.15, 0.2) is 47.4 Å². The molecule has 126 valence electrons. The van der Waals surface area contributed by atoms with E-state index >= 15 is 0 Å². The molecule has 0 fully saturated rings. The van der Waals surface area contributed by atoms with Crippen LogP contribution in [-0.2, 0) is 17.0 Å². The van der Waals surface area contributed by atoms with Gasteiger partial charge in [-0.05, 0) is 49.4 Å². The summed E-state index contributed by atoms with van der Waals surface area (Å²) in [7, 11) is 0. The summed E-state index contributed by atoms with van der Waals surface area (Å²) in [5.74, 6) is 1.80. The van der Waals surface area contributed by atoms with Crippen LogP contribution in [0, 0.1) is 0 Å². The minimum Gasteiger partial charge on any atom is -0.380 e. The molecule has 0 amide bonds. The molecule has 0 N–H and O–H groups in total. The molecular formula is C18H18Cl2N2OS. The van der Waals surface area contributed by atoms with Gasteiger partial charge >= 0.3 is 0 Å². The van der Waals surface area contributed by atoms with Crippen molar-refractivity contribution in [2.75, 3.05) is 13.2 Å². The van der Waals surface area contributed by atoms with Gasteiger partial charge in [-0.15, -0.1) is 11.8 Å². The van der Waals surface area contributed by atoms with Crippen LogP contribution in [0.1, 0.15) is 12.7 Å². The second-order valence-electron chi connectivity index (χ2n) is 5.25. The summed E-state index contributed by atoms with van der Waals surface area (Å²) in [5, 5.41) is 1.47. The fraction of sp³-hybridized carbons (Fsp3) is 0.278. The van der Waals surface area contributed by atoms with Crippen LogP contribution in [-0.4, -0.2) is 22.8 Å². The topological polar surface area (TPSA) is 27.1 Å². The smallest absolute Gasteiger partial charge is 0.120 e. The van der Waals surface area contributed by atoms with Crippen molar-refractivity contribution in [1.82, 2.24) is 9.55 Å². The zero-order valence-corrected chi connectivity index (χ0v) is 15.7. The summed E-state index contributed by atoms with van der Waals surface area (Å²) in [6, 6.07) is 13.7. The average Bonchev–Trinajstić information content (AvgIpc) is 2.92. The number of hydrogen-bond donors (Lipinski definition) is 0. The predicted octanol–water partition coefficient (Wildman–Crippen LogP) is 5.67. The molecule has 6 heteroatoms. The number of halogens is 2. The van der Waals surface area contributed by atoms with E-state index in [0.29, 0.717) is 13.2 Å². The highest BCUT2D eigenvalue weighted by molar-refractivity contribution is 7.98. The normalized spacial score (nSPS) is 11.3. The maximum atomic E-state index is 6.16.